The average Bonchev–Trinajstić information content (AvgIpc) is 3.89. The molecule has 6 nitrogen and oxygen atoms in total. The van der Waals surface area contributed by atoms with Crippen molar-refractivity contribution in [3.8, 4) is 23.5 Å². The van der Waals surface area contributed by atoms with Gasteiger partial charge in [-0.1, -0.05) is 72.8 Å². The number of para-hydroxylation sites is 4. The maximum absolute atomic E-state index is 10.3. The summed E-state index contributed by atoms with van der Waals surface area (Å²) in [6.07, 6.45) is 0. The molecular weight excluding hydrogens is 617 g/mol. The van der Waals surface area contributed by atoms with Gasteiger partial charge in [0.25, 0.3) is 0 Å². The minimum Gasteiger partial charge on any atom is -0.456 e. The Kier molecular flexibility index (Phi) is 5.16. The first-order valence-electron chi connectivity index (χ1n) is 16.4. The van der Waals surface area contributed by atoms with Gasteiger partial charge in [-0.15, -0.1) is 0 Å². The lowest BCUT2D eigenvalue weighted by Crippen LogP contribution is -2.05. The van der Waals surface area contributed by atoms with Crippen LogP contribution in [-0.2, 0) is 0 Å². The van der Waals surface area contributed by atoms with Crippen LogP contribution in [0, 0.1) is 22.7 Å². The summed E-state index contributed by atoms with van der Waals surface area (Å²) in [5.74, 6) is 0. The zero-order valence-electron chi connectivity index (χ0n) is 26.3. The molecule has 7 aromatic carbocycles. The first-order valence-corrected chi connectivity index (χ1v) is 16.4. The first-order chi connectivity index (χ1) is 24.7. The molecule has 0 unspecified atom stereocenters. The van der Waals surface area contributed by atoms with E-state index in [4.69, 9.17) is 8.83 Å². The normalized spacial score (nSPS) is 12.0. The molecule has 11 aromatic rings. The van der Waals surface area contributed by atoms with Gasteiger partial charge >= 0.3 is 0 Å². The Labute approximate surface area is 283 Å². The summed E-state index contributed by atoms with van der Waals surface area (Å²) < 4.78 is 17.2. The third kappa shape index (κ3) is 3.44. The molecule has 6 heteroatoms. The summed E-state index contributed by atoms with van der Waals surface area (Å²) in [4.78, 5) is 0. The Balaban J connectivity index is 1.32. The highest BCUT2D eigenvalue weighted by Crippen LogP contribution is 2.43. The van der Waals surface area contributed by atoms with Crippen molar-refractivity contribution in [3.63, 3.8) is 0 Å². The highest BCUT2D eigenvalue weighted by Gasteiger charge is 2.23. The van der Waals surface area contributed by atoms with E-state index in [0.717, 1.165) is 98.9 Å². The molecule has 230 valence electrons. The minimum atomic E-state index is 0.308. The zero-order valence-corrected chi connectivity index (χ0v) is 26.3. The van der Waals surface area contributed by atoms with E-state index >= 15 is 0 Å². The summed E-state index contributed by atoms with van der Waals surface area (Å²) in [7, 11) is 0. The molecule has 0 saturated heterocycles. The largest absolute Gasteiger partial charge is 0.456 e. The van der Waals surface area contributed by atoms with Crippen molar-refractivity contribution >= 4 is 87.5 Å². The fourth-order valence-corrected chi connectivity index (χ4v) is 8.01. The Morgan fingerprint density at radius 2 is 0.760 bits per heavy atom. The fraction of sp³-hybridized carbons (Fsp3) is 0. The monoisotopic (exact) mass is 638 g/mol. The van der Waals surface area contributed by atoms with Gasteiger partial charge in [-0.3, -0.25) is 0 Å². The smallest absolute Gasteiger partial charge is 0.137 e. The molecule has 0 radical (unpaired) electrons. The fourth-order valence-electron chi connectivity index (χ4n) is 8.01. The molecule has 4 aromatic heterocycles. The van der Waals surface area contributed by atoms with Crippen LogP contribution in [0.1, 0.15) is 11.1 Å². The molecule has 4 heterocycles. The Morgan fingerprint density at radius 1 is 0.360 bits per heavy atom. The van der Waals surface area contributed by atoms with Crippen LogP contribution in [0.3, 0.4) is 0 Å². The second-order valence-electron chi connectivity index (χ2n) is 12.7. The molecule has 0 N–H and O–H groups in total. The third-order valence-corrected chi connectivity index (χ3v) is 10.2. The second-order valence-corrected chi connectivity index (χ2v) is 12.7. The standard InChI is InChI=1S/C44H22N4O2/c45-23-25-17-39(47-35-13-5-1-9-27(35)31-19-33-29-11-3-7-15-41(29)49-43(33)21-37(31)47)40(18-26(25)24-46)48-36-14-6-2-10-28(36)32-20-34-30-12-4-8-16-42(30)50-44(34)22-38(32)48/h1-22H. The van der Waals surface area contributed by atoms with Crippen LogP contribution in [0.4, 0.5) is 0 Å². The molecule has 0 bridgehead atoms. The third-order valence-electron chi connectivity index (χ3n) is 10.2. The van der Waals surface area contributed by atoms with Gasteiger partial charge in [0.1, 0.15) is 34.5 Å². The van der Waals surface area contributed by atoms with E-state index < -0.39 is 0 Å². The highest BCUT2D eigenvalue weighted by atomic mass is 16.3. The van der Waals surface area contributed by atoms with E-state index in [0.29, 0.717) is 11.1 Å². The van der Waals surface area contributed by atoms with Crippen molar-refractivity contribution in [1.82, 2.24) is 9.13 Å². The van der Waals surface area contributed by atoms with Crippen molar-refractivity contribution < 1.29 is 8.83 Å². The number of furan rings is 2. The predicted octanol–water partition coefficient (Wildman–Crippen LogP) is 11.4. The van der Waals surface area contributed by atoms with E-state index in [-0.39, 0.29) is 0 Å². The van der Waals surface area contributed by atoms with Crippen molar-refractivity contribution in [2.45, 2.75) is 0 Å². The van der Waals surface area contributed by atoms with Crippen molar-refractivity contribution in [1.29, 1.82) is 10.5 Å². The molecule has 50 heavy (non-hydrogen) atoms. The van der Waals surface area contributed by atoms with Crippen LogP contribution in [0.15, 0.2) is 142 Å². The average molecular weight is 639 g/mol. The van der Waals surface area contributed by atoms with E-state index in [1.807, 2.05) is 60.7 Å². The number of benzene rings is 7. The second kappa shape index (κ2) is 9.64. The van der Waals surface area contributed by atoms with E-state index in [1.54, 1.807) is 0 Å². The number of aromatic nitrogens is 2. The maximum atomic E-state index is 10.3. The van der Waals surface area contributed by atoms with Gasteiger partial charge in [0, 0.05) is 55.2 Å². The van der Waals surface area contributed by atoms with Gasteiger partial charge in [-0.05, 0) is 48.5 Å². The van der Waals surface area contributed by atoms with Crippen LogP contribution in [-0.4, -0.2) is 9.13 Å². The molecule has 0 fully saturated rings. The quantitative estimate of drug-likeness (QED) is 0.189. The number of nitriles is 2. The summed E-state index contributed by atoms with van der Waals surface area (Å²) in [5, 5.41) is 29.2. The lowest BCUT2D eigenvalue weighted by molar-refractivity contribution is 0.669. The molecule has 0 amide bonds. The van der Waals surface area contributed by atoms with Crippen LogP contribution < -0.4 is 0 Å². The first kappa shape index (κ1) is 26.8. The van der Waals surface area contributed by atoms with Gasteiger partial charge in [0.2, 0.25) is 0 Å². The van der Waals surface area contributed by atoms with Crippen molar-refractivity contribution in [3.05, 3.63) is 145 Å². The SMILES string of the molecule is N#Cc1cc(-n2c3ccccc3c3cc4c(cc32)oc2ccccc24)c(-n2c3ccccc3c3cc4c(cc32)oc2ccccc24)cc1C#N. The lowest BCUT2D eigenvalue weighted by Gasteiger charge is -2.18. The minimum absolute atomic E-state index is 0.308. The van der Waals surface area contributed by atoms with E-state index in [2.05, 4.69) is 94.1 Å². The van der Waals surface area contributed by atoms with Gasteiger partial charge in [-0.25, -0.2) is 0 Å². The van der Waals surface area contributed by atoms with Crippen LogP contribution in [0.25, 0.3) is 98.9 Å². The molecule has 0 spiro atoms. The number of rotatable bonds is 2. The Bertz CT molecular complexity index is 3130. The number of nitrogens with zero attached hydrogens (tertiary/aromatic N) is 4. The van der Waals surface area contributed by atoms with E-state index in [9.17, 15) is 10.5 Å². The Morgan fingerprint density at radius 3 is 1.20 bits per heavy atom. The summed E-state index contributed by atoms with van der Waals surface area (Å²) in [6.45, 7) is 0. The van der Waals surface area contributed by atoms with E-state index in [1.165, 1.54) is 0 Å². The molecule has 0 aliphatic rings. The maximum Gasteiger partial charge on any atom is 0.137 e. The summed E-state index contributed by atoms with van der Waals surface area (Å²) >= 11 is 0. The van der Waals surface area contributed by atoms with Gasteiger partial charge in [0.05, 0.1) is 44.6 Å². The molecule has 11 rings (SSSR count). The van der Waals surface area contributed by atoms with Gasteiger partial charge < -0.3 is 18.0 Å². The van der Waals surface area contributed by atoms with Gasteiger partial charge in [0.15, 0.2) is 0 Å². The number of hydrogen-bond donors (Lipinski definition) is 0. The highest BCUT2D eigenvalue weighted by molar-refractivity contribution is 6.19. The van der Waals surface area contributed by atoms with Crippen LogP contribution in [0.2, 0.25) is 0 Å². The van der Waals surface area contributed by atoms with Crippen molar-refractivity contribution in [2.75, 3.05) is 0 Å². The molecule has 0 aliphatic heterocycles. The molecule has 0 aliphatic carbocycles. The molecular formula is C44H22N4O2. The molecule has 0 atom stereocenters. The predicted molar refractivity (Wildman–Crippen MR) is 199 cm³/mol. The lowest BCUT2D eigenvalue weighted by atomic mass is 10.1. The zero-order chi connectivity index (χ0) is 33.1. The Hall–Kier alpha value is -7.28. The molecule has 0 saturated carbocycles. The summed E-state index contributed by atoms with van der Waals surface area (Å²) in [5.41, 5.74) is 9.22. The summed E-state index contributed by atoms with van der Waals surface area (Å²) in [6, 6.07) is 49.8. The van der Waals surface area contributed by atoms with Crippen molar-refractivity contribution in [2.24, 2.45) is 0 Å². The van der Waals surface area contributed by atoms with Crippen LogP contribution in [0.5, 0.6) is 0 Å². The number of fused-ring (bicyclic) bond motifs is 12. The van der Waals surface area contributed by atoms with Crippen LogP contribution >= 0.6 is 0 Å². The number of hydrogen-bond acceptors (Lipinski definition) is 4. The topological polar surface area (TPSA) is 83.7 Å². The van der Waals surface area contributed by atoms with Gasteiger partial charge in [-0.2, -0.15) is 10.5 Å².